The summed E-state index contributed by atoms with van der Waals surface area (Å²) in [5.41, 5.74) is 3.40. The first-order valence-corrected chi connectivity index (χ1v) is 14.3. The van der Waals surface area contributed by atoms with E-state index in [0.29, 0.717) is 0 Å². The van der Waals surface area contributed by atoms with Gasteiger partial charge in [-0.15, -0.1) is 0 Å². The summed E-state index contributed by atoms with van der Waals surface area (Å²) in [6, 6.07) is 32.1. The molecule has 0 saturated heterocycles. The van der Waals surface area contributed by atoms with E-state index in [1.54, 1.807) is 62.6 Å². The average molecular weight is 521 g/mol. The van der Waals surface area contributed by atoms with E-state index in [9.17, 15) is 16.8 Å². The van der Waals surface area contributed by atoms with E-state index in [1.165, 1.54) is 8.61 Å². The van der Waals surface area contributed by atoms with E-state index in [1.807, 2.05) is 60.7 Å². The number of benzene rings is 4. The van der Waals surface area contributed by atoms with Crippen molar-refractivity contribution in [2.24, 2.45) is 0 Å². The van der Waals surface area contributed by atoms with Crippen molar-refractivity contribution in [2.75, 3.05) is 14.1 Å². The predicted octanol–water partition coefficient (Wildman–Crippen LogP) is 5.00. The number of hydrogen-bond donors (Lipinski definition) is 0. The summed E-state index contributed by atoms with van der Waals surface area (Å²) in [4.78, 5) is 0.401. The number of rotatable bonds is 9. The zero-order valence-electron chi connectivity index (χ0n) is 20.2. The van der Waals surface area contributed by atoms with Crippen molar-refractivity contribution in [1.82, 2.24) is 8.61 Å². The third-order valence-electron chi connectivity index (χ3n) is 5.95. The van der Waals surface area contributed by atoms with Crippen LogP contribution in [0.15, 0.2) is 119 Å². The summed E-state index contributed by atoms with van der Waals surface area (Å²) >= 11 is 0. The second-order valence-electron chi connectivity index (χ2n) is 8.54. The molecule has 8 heteroatoms. The van der Waals surface area contributed by atoms with Gasteiger partial charge in [0.2, 0.25) is 20.0 Å². The first kappa shape index (κ1) is 25.8. The Labute approximate surface area is 213 Å². The summed E-state index contributed by atoms with van der Waals surface area (Å²) in [5.74, 6) is 0. The summed E-state index contributed by atoms with van der Waals surface area (Å²) in [7, 11) is -4.18. The highest BCUT2D eigenvalue weighted by molar-refractivity contribution is 7.89. The third kappa shape index (κ3) is 5.74. The van der Waals surface area contributed by atoms with Gasteiger partial charge >= 0.3 is 0 Å². The van der Waals surface area contributed by atoms with E-state index >= 15 is 0 Å². The topological polar surface area (TPSA) is 74.8 Å². The lowest BCUT2D eigenvalue weighted by molar-refractivity contribution is 0.466. The van der Waals surface area contributed by atoms with Crippen LogP contribution in [0, 0.1) is 0 Å². The zero-order chi connectivity index (χ0) is 25.8. The predicted molar refractivity (Wildman–Crippen MR) is 142 cm³/mol. The molecule has 0 aromatic heterocycles. The molecule has 4 rings (SSSR count). The minimum atomic E-state index is -3.65. The quantitative estimate of drug-likeness (QED) is 0.311. The maximum absolute atomic E-state index is 13.0. The van der Waals surface area contributed by atoms with Crippen LogP contribution in [0.2, 0.25) is 0 Å². The molecule has 0 aliphatic heterocycles. The van der Waals surface area contributed by atoms with E-state index in [0.717, 1.165) is 22.3 Å². The Morgan fingerprint density at radius 2 is 0.778 bits per heavy atom. The minimum absolute atomic E-state index is 0.200. The third-order valence-corrected chi connectivity index (χ3v) is 9.59. The van der Waals surface area contributed by atoms with E-state index < -0.39 is 20.0 Å². The van der Waals surface area contributed by atoms with Gasteiger partial charge in [-0.1, -0.05) is 84.9 Å². The van der Waals surface area contributed by atoms with Crippen molar-refractivity contribution < 1.29 is 16.8 Å². The molecule has 0 atom stereocenters. The molecule has 0 amide bonds. The standard InChI is InChI=1S/C28H28N2O4S2/c1-29(21-23-9-5-3-6-10-23)35(31,32)27-17-13-25(14-18-27)26-15-19-28(20-16-26)36(33,34)30(2)22-24-11-7-4-8-12-24/h3-20H,21-22H2,1-2H3. The average Bonchev–Trinajstić information content (AvgIpc) is 2.90. The molecule has 0 radical (unpaired) electrons. The molecule has 0 spiro atoms. The highest BCUT2D eigenvalue weighted by atomic mass is 32.2. The van der Waals surface area contributed by atoms with Crippen LogP contribution in [-0.4, -0.2) is 39.5 Å². The Kier molecular flexibility index (Phi) is 7.70. The summed E-state index contributed by atoms with van der Waals surface area (Å²) < 4.78 is 54.6. The van der Waals surface area contributed by atoms with Gasteiger partial charge in [-0.3, -0.25) is 0 Å². The Morgan fingerprint density at radius 1 is 0.472 bits per heavy atom. The van der Waals surface area contributed by atoms with Gasteiger partial charge in [0.05, 0.1) is 9.79 Å². The Morgan fingerprint density at radius 3 is 1.08 bits per heavy atom. The molecule has 4 aromatic rings. The molecule has 186 valence electrons. The second kappa shape index (κ2) is 10.8. The molecule has 0 bridgehead atoms. The maximum atomic E-state index is 13.0. The van der Waals surface area contributed by atoms with Gasteiger partial charge in [-0.2, -0.15) is 8.61 Å². The minimum Gasteiger partial charge on any atom is -0.207 e. The van der Waals surface area contributed by atoms with Gasteiger partial charge in [-0.25, -0.2) is 16.8 Å². The van der Waals surface area contributed by atoms with Crippen LogP contribution >= 0.6 is 0 Å². The normalized spacial score (nSPS) is 12.2. The Bertz CT molecular complexity index is 1390. The lowest BCUT2D eigenvalue weighted by Gasteiger charge is -2.18. The lowest BCUT2D eigenvalue weighted by Crippen LogP contribution is -2.26. The van der Waals surface area contributed by atoms with Crippen LogP contribution in [0.5, 0.6) is 0 Å². The smallest absolute Gasteiger partial charge is 0.207 e. The van der Waals surface area contributed by atoms with E-state index in [4.69, 9.17) is 0 Å². The monoisotopic (exact) mass is 520 g/mol. The molecule has 4 aromatic carbocycles. The van der Waals surface area contributed by atoms with Crippen LogP contribution in [0.3, 0.4) is 0 Å². The summed E-state index contributed by atoms with van der Waals surface area (Å²) in [5, 5.41) is 0. The van der Waals surface area contributed by atoms with Crippen molar-refractivity contribution >= 4 is 20.0 Å². The first-order valence-electron chi connectivity index (χ1n) is 11.4. The van der Waals surface area contributed by atoms with Gasteiger partial charge < -0.3 is 0 Å². The van der Waals surface area contributed by atoms with Gasteiger partial charge in [0.25, 0.3) is 0 Å². The van der Waals surface area contributed by atoms with Crippen molar-refractivity contribution in [3.8, 4) is 11.1 Å². The lowest BCUT2D eigenvalue weighted by atomic mass is 10.1. The fourth-order valence-electron chi connectivity index (χ4n) is 3.85. The van der Waals surface area contributed by atoms with Crippen LogP contribution in [-0.2, 0) is 33.1 Å². The summed E-state index contributed by atoms with van der Waals surface area (Å²) in [6.45, 7) is 0.555. The highest BCUT2D eigenvalue weighted by Crippen LogP contribution is 2.26. The van der Waals surface area contributed by atoms with Gasteiger partial charge in [0.15, 0.2) is 0 Å². The molecule has 0 N–H and O–H groups in total. The number of sulfonamides is 2. The molecule has 0 heterocycles. The number of nitrogens with zero attached hydrogens (tertiary/aromatic N) is 2. The Hall–Kier alpha value is -3.30. The molecule has 0 saturated carbocycles. The molecule has 0 unspecified atom stereocenters. The van der Waals surface area contributed by atoms with Gasteiger partial charge in [-0.05, 0) is 46.5 Å². The van der Waals surface area contributed by atoms with Crippen LogP contribution in [0.4, 0.5) is 0 Å². The largest absolute Gasteiger partial charge is 0.243 e. The van der Waals surface area contributed by atoms with Crippen molar-refractivity contribution in [2.45, 2.75) is 22.9 Å². The van der Waals surface area contributed by atoms with Crippen molar-refractivity contribution in [3.05, 3.63) is 120 Å². The second-order valence-corrected chi connectivity index (χ2v) is 12.6. The van der Waals surface area contributed by atoms with Crippen LogP contribution < -0.4 is 0 Å². The summed E-state index contributed by atoms with van der Waals surface area (Å²) in [6.07, 6.45) is 0. The van der Waals surface area contributed by atoms with Crippen molar-refractivity contribution in [1.29, 1.82) is 0 Å². The SMILES string of the molecule is CN(Cc1ccccc1)S(=O)(=O)c1ccc(-c2ccc(S(=O)(=O)N(C)Cc3ccccc3)cc2)cc1. The number of hydrogen-bond acceptors (Lipinski definition) is 4. The van der Waals surface area contributed by atoms with E-state index in [2.05, 4.69) is 0 Å². The van der Waals surface area contributed by atoms with E-state index in [-0.39, 0.29) is 22.9 Å². The fraction of sp³-hybridized carbons (Fsp3) is 0.143. The zero-order valence-corrected chi connectivity index (χ0v) is 21.8. The molecular formula is C28H28N2O4S2. The first-order chi connectivity index (χ1) is 17.2. The molecule has 36 heavy (non-hydrogen) atoms. The Balaban J connectivity index is 1.48. The van der Waals surface area contributed by atoms with Crippen molar-refractivity contribution in [3.63, 3.8) is 0 Å². The fourth-order valence-corrected chi connectivity index (χ4v) is 6.17. The maximum Gasteiger partial charge on any atom is 0.243 e. The molecule has 0 aliphatic rings. The van der Waals surface area contributed by atoms with Gasteiger partial charge in [0.1, 0.15) is 0 Å². The molecule has 0 aliphatic carbocycles. The van der Waals surface area contributed by atoms with Crippen LogP contribution in [0.1, 0.15) is 11.1 Å². The van der Waals surface area contributed by atoms with Crippen LogP contribution in [0.25, 0.3) is 11.1 Å². The highest BCUT2D eigenvalue weighted by Gasteiger charge is 2.22. The van der Waals surface area contributed by atoms with Gasteiger partial charge in [0, 0.05) is 27.2 Å². The molecule has 6 nitrogen and oxygen atoms in total. The molecular weight excluding hydrogens is 492 g/mol. The molecule has 0 fully saturated rings.